The number of carbonyl (C=O) groups is 1. The maximum atomic E-state index is 12.1. The van der Waals surface area contributed by atoms with Gasteiger partial charge >= 0.3 is 0 Å². The lowest BCUT2D eigenvalue weighted by atomic mass is 10.1. The van der Waals surface area contributed by atoms with Gasteiger partial charge in [-0.25, -0.2) is 0 Å². The van der Waals surface area contributed by atoms with Gasteiger partial charge in [-0.1, -0.05) is 13.8 Å². The van der Waals surface area contributed by atoms with E-state index >= 15 is 0 Å². The molecule has 0 radical (unpaired) electrons. The lowest BCUT2D eigenvalue weighted by Gasteiger charge is -2.19. The fourth-order valence-corrected chi connectivity index (χ4v) is 3.65. The predicted molar refractivity (Wildman–Crippen MR) is 73.2 cm³/mol. The van der Waals surface area contributed by atoms with Crippen LogP contribution in [0, 0.1) is 5.92 Å². The van der Waals surface area contributed by atoms with Gasteiger partial charge in [0.15, 0.2) is 0 Å². The van der Waals surface area contributed by atoms with E-state index < -0.39 is 0 Å². The number of aryl methyl sites for hydroxylation is 2. The first-order valence-electron chi connectivity index (χ1n) is 6.10. The molecule has 1 unspecified atom stereocenters. The summed E-state index contributed by atoms with van der Waals surface area (Å²) in [7, 11) is 0. The first-order valence-corrected chi connectivity index (χ1v) is 7.45. The van der Waals surface area contributed by atoms with Crippen molar-refractivity contribution in [2.75, 3.05) is 5.88 Å². The number of nitrogens with one attached hydrogen (secondary N) is 1. The third-order valence-corrected chi connectivity index (χ3v) is 4.83. The highest BCUT2D eigenvalue weighted by atomic mass is 35.5. The molecular weight excluding hydrogens is 254 g/mol. The normalized spacial score (nSPS) is 16.0. The zero-order valence-corrected chi connectivity index (χ0v) is 11.8. The second kappa shape index (κ2) is 5.40. The Hall–Kier alpha value is -0.540. The number of fused-ring (bicyclic) bond motifs is 1. The van der Waals surface area contributed by atoms with Crippen LogP contribution in [0.3, 0.4) is 0 Å². The summed E-state index contributed by atoms with van der Waals surface area (Å²) in [6.07, 6.45) is 3.50. The number of amides is 1. The van der Waals surface area contributed by atoms with E-state index in [1.807, 2.05) is 6.07 Å². The predicted octanol–water partition coefficient (Wildman–Crippen LogP) is 3.23. The summed E-state index contributed by atoms with van der Waals surface area (Å²) < 4.78 is 0. The van der Waals surface area contributed by atoms with Gasteiger partial charge < -0.3 is 5.32 Å². The third kappa shape index (κ3) is 2.83. The summed E-state index contributed by atoms with van der Waals surface area (Å²) >= 11 is 7.50. The monoisotopic (exact) mass is 271 g/mol. The molecule has 2 nitrogen and oxygen atoms in total. The molecule has 0 aliphatic heterocycles. The van der Waals surface area contributed by atoms with E-state index in [1.54, 1.807) is 11.3 Å². The molecule has 17 heavy (non-hydrogen) atoms. The van der Waals surface area contributed by atoms with Crippen molar-refractivity contribution in [1.29, 1.82) is 0 Å². The molecule has 0 bridgehead atoms. The Morgan fingerprint density at radius 2 is 2.29 bits per heavy atom. The molecule has 94 valence electrons. The highest BCUT2D eigenvalue weighted by Gasteiger charge is 2.21. The molecular formula is C13H18ClNOS. The van der Waals surface area contributed by atoms with Crippen LogP contribution in [0.1, 0.15) is 40.4 Å². The van der Waals surface area contributed by atoms with E-state index in [1.165, 1.54) is 16.9 Å². The molecule has 0 aromatic carbocycles. The fourth-order valence-electron chi connectivity index (χ4n) is 2.06. The van der Waals surface area contributed by atoms with Crippen LogP contribution in [-0.2, 0) is 12.8 Å². The van der Waals surface area contributed by atoms with Crippen molar-refractivity contribution in [3.05, 3.63) is 21.4 Å². The minimum Gasteiger partial charge on any atom is -0.347 e. The van der Waals surface area contributed by atoms with Gasteiger partial charge in [-0.3, -0.25) is 4.79 Å². The minimum atomic E-state index is 0.0312. The average molecular weight is 272 g/mol. The SMILES string of the molecule is CC(C)C(CCl)NC(=O)c1cc2c(s1)CCC2. The summed E-state index contributed by atoms with van der Waals surface area (Å²) in [4.78, 5) is 14.3. The second-order valence-electron chi connectivity index (χ2n) is 4.89. The molecule has 4 heteroatoms. The van der Waals surface area contributed by atoms with Gasteiger partial charge in [0, 0.05) is 16.8 Å². The summed E-state index contributed by atoms with van der Waals surface area (Å²) in [6, 6.07) is 2.11. The molecule has 1 aromatic rings. The molecule has 0 fully saturated rings. The molecule has 0 saturated heterocycles. The molecule has 1 atom stereocenters. The molecule has 0 spiro atoms. The second-order valence-corrected chi connectivity index (χ2v) is 6.34. The number of rotatable bonds is 4. The zero-order chi connectivity index (χ0) is 12.4. The number of halogens is 1. The molecule has 2 rings (SSSR count). The van der Waals surface area contributed by atoms with Crippen LogP contribution in [0.5, 0.6) is 0 Å². The Bertz CT molecular complexity index is 392. The highest BCUT2D eigenvalue weighted by molar-refractivity contribution is 7.14. The van der Waals surface area contributed by atoms with Gasteiger partial charge in [0.05, 0.1) is 4.88 Å². The molecule has 1 aliphatic rings. The number of hydrogen-bond donors (Lipinski definition) is 1. The summed E-state index contributed by atoms with van der Waals surface area (Å²) in [5.41, 5.74) is 1.37. The topological polar surface area (TPSA) is 29.1 Å². The number of carbonyl (C=O) groups excluding carboxylic acids is 1. The van der Waals surface area contributed by atoms with Crippen LogP contribution >= 0.6 is 22.9 Å². The number of hydrogen-bond acceptors (Lipinski definition) is 2. The third-order valence-electron chi connectivity index (χ3n) is 3.26. The highest BCUT2D eigenvalue weighted by Crippen LogP contribution is 2.30. The van der Waals surface area contributed by atoms with Crippen LogP contribution in [0.2, 0.25) is 0 Å². The Kier molecular flexibility index (Phi) is 4.10. The summed E-state index contributed by atoms with van der Waals surface area (Å²) in [5.74, 6) is 0.862. The lowest BCUT2D eigenvalue weighted by Crippen LogP contribution is -2.39. The maximum Gasteiger partial charge on any atom is 0.261 e. The van der Waals surface area contributed by atoms with Crippen LogP contribution in [0.4, 0.5) is 0 Å². The van der Waals surface area contributed by atoms with E-state index in [0.29, 0.717) is 11.8 Å². The van der Waals surface area contributed by atoms with Gasteiger partial charge in [-0.15, -0.1) is 22.9 Å². The minimum absolute atomic E-state index is 0.0312. The van der Waals surface area contributed by atoms with Gasteiger partial charge in [-0.2, -0.15) is 0 Å². The van der Waals surface area contributed by atoms with E-state index in [2.05, 4.69) is 19.2 Å². The molecule has 1 aliphatic carbocycles. The first kappa shape index (κ1) is 12.9. The molecule has 1 heterocycles. The van der Waals surface area contributed by atoms with Crippen LogP contribution in [-0.4, -0.2) is 17.8 Å². The standard InChI is InChI=1S/C13H18ClNOS/c1-8(2)10(7-14)15-13(16)12-6-9-4-3-5-11(9)17-12/h6,8,10H,3-5,7H2,1-2H3,(H,15,16). The number of thiophene rings is 1. The number of alkyl halides is 1. The van der Waals surface area contributed by atoms with E-state index in [-0.39, 0.29) is 11.9 Å². The smallest absolute Gasteiger partial charge is 0.261 e. The van der Waals surface area contributed by atoms with Gasteiger partial charge in [0.25, 0.3) is 5.91 Å². The van der Waals surface area contributed by atoms with E-state index in [0.717, 1.165) is 17.7 Å². The van der Waals surface area contributed by atoms with Crippen molar-refractivity contribution < 1.29 is 4.79 Å². The quantitative estimate of drug-likeness (QED) is 0.837. The van der Waals surface area contributed by atoms with Crippen LogP contribution < -0.4 is 5.32 Å². The summed E-state index contributed by atoms with van der Waals surface area (Å²) in [5, 5.41) is 3.01. The van der Waals surface area contributed by atoms with E-state index in [9.17, 15) is 4.79 Å². The van der Waals surface area contributed by atoms with Gasteiger partial charge in [-0.05, 0) is 36.8 Å². The van der Waals surface area contributed by atoms with Crippen molar-refractivity contribution in [3.63, 3.8) is 0 Å². The van der Waals surface area contributed by atoms with Crippen molar-refractivity contribution in [2.24, 2.45) is 5.92 Å². The molecule has 0 saturated carbocycles. The van der Waals surface area contributed by atoms with E-state index in [4.69, 9.17) is 11.6 Å². The molecule has 1 amide bonds. The Labute approximate surface area is 111 Å². The van der Waals surface area contributed by atoms with Crippen molar-refractivity contribution in [2.45, 2.75) is 39.2 Å². The Balaban J connectivity index is 2.04. The average Bonchev–Trinajstić information content (AvgIpc) is 2.84. The Morgan fingerprint density at radius 3 is 2.88 bits per heavy atom. The van der Waals surface area contributed by atoms with Crippen LogP contribution in [0.25, 0.3) is 0 Å². The maximum absolute atomic E-state index is 12.1. The molecule has 1 aromatic heterocycles. The van der Waals surface area contributed by atoms with Gasteiger partial charge in [0.1, 0.15) is 0 Å². The van der Waals surface area contributed by atoms with Crippen molar-refractivity contribution in [1.82, 2.24) is 5.32 Å². The Morgan fingerprint density at radius 1 is 1.53 bits per heavy atom. The van der Waals surface area contributed by atoms with Crippen LogP contribution in [0.15, 0.2) is 6.07 Å². The van der Waals surface area contributed by atoms with Crippen molar-refractivity contribution >= 4 is 28.8 Å². The molecule has 1 N–H and O–H groups in total. The fraction of sp³-hybridized carbons (Fsp3) is 0.615. The van der Waals surface area contributed by atoms with Gasteiger partial charge in [0.2, 0.25) is 0 Å². The lowest BCUT2D eigenvalue weighted by molar-refractivity contribution is 0.0935. The first-order chi connectivity index (χ1) is 8.11. The largest absolute Gasteiger partial charge is 0.347 e. The van der Waals surface area contributed by atoms with Crippen molar-refractivity contribution in [3.8, 4) is 0 Å². The zero-order valence-electron chi connectivity index (χ0n) is 10.3. The summed E-state index contributed by atoms with van der Waals surface area (Å²) in [6.45, 7) is 4.14.